The fourth-order valence-electron chi connectivity index (χ4n) is 1.90. The molecule has 1 aliphatic heterocycles. The highest BCUT2D eigenvalue weighted by Crippen LogP contribution is 2.19. The van der Waals surface area contributed by atoms with Crippen molar-refractivity contribution in [3.63, 3.8) is 0 Å². The summed E-state index contributed by atoms with van der Waals surface area (Å²) in [5.74, 6) is 0.231. The second kappa shape index (κ2) is 5.63. The van der Waals surface area contributed by atoms with Crippen molar-refractivity contribution in [1.82, 2.24) is 4.31 Å². The fraction of sp³-hybridized carbons (Fsp3) is 0.900. The Labute approximate surface area is 97.6 Å². The van der Waals surface area contributed by atoms with Crippen LogP contribution in [0, 0.1) is 11.3 Å². The highest BCUT2D eigenvalue weighted by molar-refractivity contribution is 7.89. The zero-order valence-corrected chi connectivity index (χ0v) is 10.6. The molecule has 0 aromatic heterocycles. The fourth-order valence-corrected chi connectivity index (χ4v) is 3.63. The molecular weight excluding hydrogens is 226 g/mol. The summed E-state index contributed by atoms with van der Waals surface area (Å²) in [6.45, 7) is 2.95. The highest BCUT2D eigenvalue weighted by Gasteiger charge is 2.29. The molecule has 16 heavy (non-hydrogen) atoms. The highest BCUT2D eigenvalue weighted by atomic mass is 32.2. The van der Waals surface area contributed by atoms with E-state index in [1.807, 2.05) is 6.92 Å². The number of unbranched alkanes of at least 4 members (excludes halogenated alkanes) is 1. The SMILES string of the molecule is CCCCS(=O)(=O)N1CCCC(C(=N)N)C1. The standard InChI is InChI=1S/C10H21N3O2S/c1-2-3-7-16(14,15)13-6-4-5-9(8-13)10(11)12/h9H,2-8H2,1H3,(H3,11,12). The Balaban J connectivity index is 2.62. The molecule has 94 valence electrons. The molecule has 0 aliphatic carbocycles. The first-order chi connectivity index (χ1) is 7.47. The lowest BCUT2D eigenvalue weighted by Crippen LogP contribution is -2.44. The predicted molar refractivity (Wildman–Crippen MR) is 64.9 cm³/mol. The minimum Gasteiger partial charge on any atom is -0.387 e. The summed E-state index contributed by atoms with van der Waals surface area (Å²) >= 11 is 0. The molecule has 0 saturated carbocycles. The maximum Gasteiger partial charge on any atom is 0.214 e. The van der Waals surface area contributed by atoms with E-state index in [0.29, 0.717) is 19.5 Å². The van der Waals surface area contributed by atoms with E-state index in [0.717, 1.165) is 19.3 Å². The van der Waals surface area contributed by atoms with Crippen LogP contribution in [0.4, 0.5) is 0 Å². The minimum atomic E-state index is -3.13. The molecule has 1 fully saturated rings. The summed E-state index contributed by atoms with van der Waals surface area (Å²) in [4.78, 5) is 0. The molecule has 0 aromatic carbocycles. The van der Waals surface area contributed by atoms with Gasteiger partial charge >= 0.3 is 0 Å². The van der Waals surface area contributed by atoms with Crippen LogP contribution in [0.25, 0.3) is 0 Å². The minimum absolute atomic E-state index is 0.0925. The molecule has 6 heteroatoms. The van der Waals surface area contributed by atoms with E-state index < -0.39 is 10.0 Å². The number of amidine groups is 1. The Kier molecular flexibility index (Phi) is 4.73. The Morgan fingerprint density at radius 3 is 2.81 bits per heavy atom. The van der Waals surface area contributed by atoms with Crippen LogP contribution in [-0.4, -0.2) is 37.4 Å². The van der Waals surface area contributed by atoms with E-state index in [-0.39, 0.29) is 17.5 Å². The third kappa shape index (κ3) is 3.45. The van der Waals surface area contributed by atoms with Gasteiger partial charge in [-0.25, -0.2) is 12.7 Å². The van der Waals surface area contributed by atoms with E-state index in [9.17, 15) is 8.42 Å². The van der Waals surface area contributed by atoms with Crippen LogP contribution in [0.15, 0.2) is 0 Å². The Hall–Kier alpha value is -0.620. The largest absolute Gasteiger partial charge is 0.387 e. The summed E-state index contributed by atoms with van der Waals surface area (Å²) in [7, 11) is -3.13. The molecule has 1 heterocycles. The zero-order valence-electron chi connectivity index (χ0n) is 9.78. The quantitative estimate of drug-likeness (QED) is 0.555. The van der Waals surface area contributed by atoms with E-state index >= 15 is 0 Å². The first-order valence-electron chi connectivity index (χ1n) is 5.79. The number of nitrogens with two attached hydrogens (primary N) is 1. The van der Waals surface area contributed by atoms with Crippen molar-refractivity contribution in [3.8, 4) is 0 Å². The predicted octanol–water partition coefficient (Wildman–Crippen LogP) is 0.764. The van der Waals surface area contributed by atoms with Gasteiger partial charge in [-0.3, -0.25) is 5.41 Å². The van der Waals surface area contributed by atoms with Crippen molar-refractivity contribution in [2.45, 2.75) is 32.6 Å². The Morgan fingerprint density at radius 2 is 2.25 bits per heavy atom. The third-order valence-corrected chi connectivity index (χ3v) is 4.90. The van der Waals surface area contributed by atoms with E-state index in [2.05, 4.69) is 0 Å². The second-order valence-electron chi connectivity index (χ2n) is 4.32. The van der Waals surface area contributed by atoms with Gasteiger partial charge in [-0.1, -0.05) is 13.3 Å². The molecule has 0 amide bonds. The van der Waals surface area contributed by atoms with Gasteiger partial charge < -0.3 is 5.73 Å². The van der Waals surface area contributed by atoms with Gasteiger partial charge in [0.15, 0.2) is 0 Å². The number of rotatable bonds is 5. The normalized spacial score (nSPS) is 23.2. The van der Waals surface area contributed by atoms with E-state index in [4.69, 9.17) is 11.1 Å². The number of piperidine rings is 1. The summed E-state index contributed by atoms with van der Waals surface area (Å²) in [5.41, 5.74) is 5.43. The number of nitrogens with zero attached hydrogens (tertiary/aromatic N) is 1. The smallest absolute Gasteiger partial charge is 0.214 e. The maximum atomic E-state index is 11.9. The molecule has 1 unspecified atom stereocenters. The number of hydrogen-bond acceptors (Lipinski definition) is 3. The van der Waals surface area contributed by atoms with Crippen LogP contribution in [-0.2, 0) is 10.0 Å². The van der Waals surface area contributed by atoms with Crippen molar-refractivity contribution < 1.29 is 8.42 Å². The molecule has 1 rings (SSSR count). The van der Waals surface area contributed by atoms with Gasteiger partial charge in [-0.05, 0) is 19.3 Å². The van der Waals surface area contributed by atoms with Crippen molar-refractivity contribution in [3.05, 3.63) is 0 Å². The van der Waals surface area contributed by atoms with E-state index in [1.165, 1.54) is 4.31 Å². The average Bonchev–Trinajstić information content (AvgIpc) is 2.26. The number of sulfonamides is 1. The maximum absolute atomic E-state index is 11.9. The van der Waals surface area contributed by atoms with Crippen molar-refractivity contribution in [2.24, 2.45) is 11.7 Å². The first-order valence-corrected chi connectivity index (χ1v) is 7.40. The number of hydrogen-bond donors (Lipinski definition) is 2. The zero-order chi connectivity index (χ0) is 12.2. The lowest BCUT2D eigenvalue weighted by Gasteiger charge is -2.31. The monoisotopic (exact) mass is 247 g/mol. The molecule has 0 radical (unpaired) electrons. The summed E-state index contributed by atoms with van der Waals surface area (Å²) in [6, 6.07) is 0. The summed E-state index contributed by atoms with van der Waals surface area (Å²) in [6.07, 6.45) is 3.21. The first kappa shape index (κ1) is 13.4. The molecule has 1 saturated heterocycles. The van der Waals surface area contributed by atoms with Gasteiger partial charge in [-0.2, -0.15) is 0 Å². The molecule has 1 atom stereocenters. The molecule has 1 aliphatic rings. The van der Waals surface area contributed by atoms with Crippen LogP contribution in [0.3, 0.4) is 0 Å². The molecule has 3 N–H and O–H groups in total. The van der Waals surface area contributed by atoms with Crippen molar-refractivity contribution in [2.75, 3.05) is 18.8 Å². The molecule has 0 bridgehead atoms. The van der Waals surface area contributed by atoms with Gasteiger partial charge in [-0.15, -0.1) is 0 Å². The molecule has 0 aromatic rings. The van der Waals surface area contributed by atoms with E-state index in [1.54, 1.807) is 0 Å². The van der Waals surface area contributed by atoms with Crippen LogP contribution in [0.1, 0.15) is 32.6 Å². The van der Waals surface area contributed by atoms with Gasteiger partial charge in [0.1, 0.15) is 0 Å². The second-order valence-corrected chi connectivity index (χ2v) is 6.41. The molecule has 5 nitrogen and oxygen atoms in total. The topological polar surface area (TPSA) is 87.2 Å². The van der Waals surface area contributed by atoms with Crippen LogP contribution < -0.4 is 5.73 Å². The van der Waals surface area contributed by atoms with Gasteiger partial charge in [0.05, 0.1) is 11.6 Å². The van der Waals surface area contributed by atoms with Crippen molar-refractivity contribution in [1.29, 1.82) is 5.41 Å². The lowest BCUT2D eigenvalue weighted by atomic mass is 9.99. The van der Waals surface area contributed by atoms with Gasteiger partial charge in [0.25, 0.3) is 0 Å². The Bertz CT molecular complexity index is 340. The summed E-state index contributed by atoms with van der Waals surface area (Å²) in [5, 5.41) is 7.38. The van der Waals surface area contributed by atoms with Gasteiger partial charge in [0, 0.05) is 19.0 Å². The van der Waals surface area contributed by atoms with Crippen LogP contribution in [0.5, 0.6) is 0 Å². The van der Waals surface area contributed by atoms with Crippen LogP contribution in [0.2, 0.25) is 0 Å². The average molecular weight is 247 g/mol. The summed E-state index contributed by atoms with van der Waals surface area (Å²) < 4.78 is 25.4. The number of nitrogens with one attached hydrogen (secondary N) is 1. The lowest BCUT2D eigenvalue weighted by molar-refractivity contribution is 0.310. The molecular formula is C10H21N3O2S. The third-order valence-electron chi connectivity index (χ3n) is 2.97. The van der Waals surface area contributed by atoms with Crippen LogP contribution >= 0.6 is 0 Å². The molecule has 0 spiro atoms. The van der Waals surface area contributed by atoms with Gasteiger partial charge in [0.2, 0.25) is 10.0 Å². The Morgan fingerprint density at radius 1 is 1.56 bits per heavy atom. The van der Waals surface area contributed by atoms with Crippen molar-refractivity contribution >= 4 is 15.9 Å².